The topological polar surface area (TPSA) is 56.2 Å². The molecule has 0 aliphatic heterocycles. The number of para-hydroxylation sites is 1. The van der Waals surface area contributed by atoms with Gasteiger partial charge in [0.1, 0.15) is 5.58 Å². The maximum Gasteiger partial charge on any atom is 0.284 e. The first-order chi connectivity index (χ1) is 9.25. The first kappa shape index (κ1) is 11.5. The highest BCUT2D eigenvalue weighted by Crippen LogP contribution is 2.27. The summed E-state index contributed by atoms with van der Waals surface area (Å²) in [5, 5.41) is 0.945. The first-order valence-corrected chi connectivity index (χ1v) is 6.10. The standard InChI is InChI=1S/C16H13NO2/c17-16(18)15-13(10-11-6-2-1-3-7-11)12-8-4-5-9-14(12)19-15/h1-9H,10H2,(H2,17,18). The molecule has 0 unspecified atom stereocenters. The van der Waals surface area contributed by atoms with Gasteiger partial charge in [-0.3, -0.25) is 4.79 Å². The molecule has 0 radical (unpaired) electrons. The number of carbonyl (C=O) groups is 1. The predicted molar refractivity (Wildman–Crippen MR) is 74.0 cm³/mol. The number of rotatable bonds is 3. The van der Waals surface area contributed by atoms with Crippen molar-refractivity contribution in [1.82, 2.24) is 0 Å². The zero-order valence-electron chi connectivity index (χ0n) is 10.3. The van der Waals surface area contributed by atoms with Gasteiger partial charge in [0.05, 0.1) is 0 Å². The van der Waals surface area contributed by atoms with Gasteiger partial charge < -0.3 is 10.2 Å². The highest BCUT2D eigenvalue weighted by molar-refractivity contribution is 5.98. The summed E-state index contributed by atoms with van der Waals surface area (Å²) in [6, 6.07) is 17.5. The fourth-order valence-electron chi connectivity index (χ4n) is 2.27. The molecular weight excluding hydrogens is 238 g/mol. The second-order valence-corrected chi connectivity index (χ2v) is 4.43. The van der Waals surface area contributed by atoms with Crippen LogP contribution < -0.4 is 5.73 Å². The Morgan fingerprint density at radius 1 is 1.00 bits per heavy atom. The van der Waals surface area contributed by atoms with E-state index in [1.165, 1.54) is 0 Å². The van der Waals surface area contributed by atoms with Crippen LogP contribution in [0.5, 0.6) is 0 Å². The Bertz CT molecular complexity index is 729. The van der Waals surface area contributed by atoms with Crippen molar-refractivity contribution in [2.24, 2.45) is 5.73 Å². The molecule has 3 nitrogen and oxygen atoms in total. The van der Waals surface area contributed by atoms with Crippen molar-refractivity contribution in [3.05, 3.63) is 71.5 Å². The fourth-order valence-corrected chi connectivity index (χ4v) is 2.27. The number of primary amides is 1. The summed E-state index contributed by atoms with van der Waals surface area (Å²) >= 11 is 0. The van der Waals surface area contributed by atoms with E-state index in [1.807, 2.05) is 54.6 Å². The van der Waals surface area contributed by atoms with E-state index in [1.54, 1.807) is 0 Å². The smallest absolute Gasteiger partial charge is 0.284 e. The molecule has 3 heteroatoms. The van der Waals surface area contributed by atoms with Gasteiger partial charge in [0.25, 0.3) is 5.91 Å². The van der Waals surface area contributed by atoms with E-state index in [-0.39, 0.29) is 5.76 Å². The molecule has 1 heterocycles. The summed E-state index contributed by atoms with van der Waals surface area (Å²) in [7, 11) is 0. The summed E-state index contributed by atoms with van der Waals surface area (Å²) in [6.45, 7) is 0. The van der Waals surface area contributed by atoms with Crippen molar-refractivity contribution < 1.29 is 9.21 Å². The van der Waals surface area contributed by atoms with Crippen molar-refractivity contribution in [3.8, 4) is 0 Å². The van der Waals surface area contributed by atoms with E-state index in [0.29, 0.717) is 12.0 Å². The molecular formula is C16H13NO2. The van der Waals surface area contributed by atoms with Gasteiger partial charge in [-0.15, -0.1) is 0 Å². The molecule has 3 aromatic rings. The average molecular weight is 251 g/mol. The molecule has 94 valence electrons. The fraction of sp³-hybridized carbons (Fsp3) is 0.0625. The van der Waals surface area contributed by atoms with E-state index in [2.05, 4.69) is 0 Å². The third-order valence-corrected chi connectivity index (χ3v) is 3.15. The van der Waals surface area contributed by atoms with Gasteiger partial charge in [0.15, 0.2) is 5.76 Å². The zero-order valence-corrected chi connectivity index (χ0v) is 10.3. The normalized spacial score (nSPS) is 10.7. The van der Waals surface area contributed by atoms with Gasteiger partial charge in [-0.2, -0.15) is 0 Å². The minimum absolute atomic E-state index is 0.255. The van der Waals surface area contributed by atoms with Gasteiger partial charge >= 0.3 is 0 Å². The van der Waals surface area contributed by atoms with Crippen LogP contribution in [0.2, 0.25) is 0 Å². The van der Waals surface area contributed by atoms with Crippen LogP contribution in [0.4, 0.5) is 0 Å². The molecule has 2 N–H and O–H groups in total. The quantitative estimate of drug-likeness (QED) is 0.777. The summed E-state index contributed by atoms with van der Waals surface area (Å²) in [6.07, 6.45) is 0.635. The highest BCUT2D eigenvalue weighted by atomic mass is 16.3. The lowest BCUT2D eigenvalue weighted by Crippen LogP contribution is -2.12. The van der Waals surface area contributed by atoms with Gasteiger partial charge in [0, 0.05) is 17.4 Å². The third-order valence-electron chi connectivity index (χ3n) is 3.15. The van der Waals surface area contributed by atoms with E-state index in [0.717, 1.165) is 16.5 Å². The Balaban J connectivity index is 2.15. The number of furan rings is 1. The largest absolute Gasteiger partial charge is 0.451 e. The van der Waals surface area contributed by atoms with Crippen LogP contribution >= 0.6 is 0 Å². The predicted octanol–water partition coefficient (Wildman–Crippen LogP) is 3.12. The molecule has 0 atom stereocenters. The molecule has 3 rings (SSSR count). The monoisotopic (exact) mass is 251 g/mol. The minimum atomic E-state index is -0.526. The van der Waals surface area contributed by atoms with Gasteiger partial charge in [0.2, 0.25) is 0 Å². The van der Waals surface area contributed by atoms with Crippen LogP contribution in [0.3, 0.4) is 0 Å². The van der Waals surface area contributed by atoms with E-state index in [4.69, 9.17) is 10.2 Å². The molecule has 0 spiro atoms. The highest BCUT2D eigenvalue weighted by Gasteiger charge is 2.18. The average Bonchev–Trinajstić information content (AvgIpc) is 2.79. The molecule has 0 aliphatic carbocycles. The Morgan fingerprint density at radius 3 is 2.42 bits per heavy atom. The molecule has 1 amide bonds. The van der Waals surface area contributed by atoms with Gasteiger partial charge in [-0.1, -0.05) is 48.5 Å². The van der Waals surface area contributed by atoms with E-state index in [9.17, 15) is 4.79 Å². The minimum Gasteiger partial charge on any atom is -0.451 e. The van der Waals surface area contributed by atoms with E-state index < -0.39 is 5.91 Å². The number of carbonyl (C=O) groups excluding carboxylic acids is 1. The summed E-state index contributed by atoms with van der Waals surface area (Å²) < 4.78 is 5.56. The number of fused-ring (bicyclic) bond motifs is 1. The van der Waals surface area contributed by atoms with Crippen molar-refractivity contribution in [2.75, 3.05) is 0 Å². The second-order valence-electron chi connectivity index (χ2n) is 4.43. The number of hydrogen-bond acceptors (Lipinski definition) is 2. The number of hydrogen-bond donors (Lipinski definition) is 1. The molecule has 0 saturated heterocycles. The lowest BCUT2D eigenvalue weighted by molar-refractivity contribution is 0.0975. The van der Waals surface area contributed by atoms with Crippen LogP contribution in [0, 0.1) is 0 Å². The van der Waals surface area contributed by atoms with Crippen molar-refractivity contribution in [3.63, 3.8) is 0 Å². The van der Waals surface area contributed by atoms with Crippen LogP contribution in [0.1, 0.15) is 21.7 Å². The van der Waals surface area contributed by atoms with Gasteiger partial charge in [-0.25, -0.2) is 0 Å². The molecule has 0 aliphatic rings. The Morgan fingerprint density at radius 2 is 1.68 bits per heavy atom. The number of benzene rings is 2. The van der Waals surface area contributed by atoms with Crippen LogP contribution in [-0.4, -0.2) is 5.91 Å². The van der Waals surface area contributed by atoms with Crippen molar-refractivity contribution >= 4 is 16.9 Å². The lowest BCUT2D eigenvalue weighted by Gasteiger charge is -2.01. The summed E-state index contributed by atoms with van der Waals surface area (Å²) in [5.74, 6) is -0.271. The van der Waals surface area contributed by atoms with Gasteiger partial charge in [-0.05, 0) is 11.6 Å². The van der Waals surface area contributed by atoms with Crippen LogP contribution in [-0.2, 0) is 6.42 Å². The molecule has 0 saturated carbocycles. The van der Waals surface area contributed by atoms with E-state index >= 15 is 0 Å². The van der Waals surface area contributed by atoms with Crippen LogP contribution in [0.15, 0.2) is 59.0 Å². The Kier molecular flexibility index (Phi) is 2.80. The lowest BCUT2D eigenvalue weighted by atomic mass is 10.0. The second kappa shape index (κ2) is 4.61. The van der Waals surface area contributed by atoms with Crippen molar-refractivity contribution in [1.29, 1.82) is 0 Å². The summed E-state index contributed by atoms with van der Waals surface area (Å²) in [5.41, 5.74) is 8.07. The molecule has 1 aromatic heterocycles. The first-order valence-electron chi connectivity index (χ1n) is 6.10. The SMILES string of the molecule is NC(=O)c1oc2ccccc2c1Cc1ccccc1. The Labute approximate surface area is 110 Å². The maximum atomic E-state index is 11.5. The molecule has 19 heavy (non-hydrogen) atoms. The molecule has 0 bridgehead atoms. The number of amides is 1. The third kappa shape index (κ3) is 2.10. The van der Waals surface area contributed by atoms with Crippen molar-refractivity contribution in [2.45, 2.75) is 6.42 Å². The number of nitrogens with two attached hydrogens (primary N) is 1. The zero-order chi connectivity index (χ0) is 13.2. The van der Waals surface area contributed by atoms with Crippen LogP contribution in [0.25, 0.3) is 11.0 Å². The Hall–Kier alpha value is -2.55. The molecule has 2 aromatic carbocycles. The summed E-state index contributed by atoms with van der Waals surface area (Å²) in [4.78, 5) is 11.5. The molecule has 0 fully saturated rings. The maximum absolute atomic E-state index is 11.5.